The van der Waals surface area contributed by atoms with Gasteiger partial charge in [-0.2, -0.15) is 0 Å². The molecule has 41 heavy (non-hydrogen) atoms. The molecule has 4 aromatic rings. The van der Waals surface area contributed by atoms with Crippen LogP contribution in [0.4, 0.5) is 5.69 Å². The number of carbonyl (C=O) groups is 1. The van der Waals surface area contributed by atoms with E-state index in [1.54, 1.807) is 47.8 Å². The van der Waals surface area contributed by atoms with E-state index in [0.717, 1.165) is 16.7 Å². The van der Waals surface area contributed by atoms with E-state index in [0.29, 0.717) is 30.9 Å². The van der Waals surface area contributed by atoms with E-state index in [9.17, 15) is 18.0 Å². The molecule has 1 aliphatic rings. The number of amides is 1. The zero-order valence-electron chi connectivity index (χ0n) is 22.7. The fraction of sp³-hybridized carbons (Fsp3) is 0.200. The summed E-state index contributed by atoms with van der Waals surface area (Å²) in [6.07, 6.45) is 2.67. The molecule has 0 bridgehead atoms. The zero-order valence-corrected chi connectivity index (χ0v) is 25.0. The Morgan fingerprint density at radius 2 is 1.66 bits per heavy atom. The van der Waals surface area contributed by atoms with Crippen LogP contribution >= 0.6 is 23.2 Å². The van der Waals surface area contributed by atoms with Gasteiger partial charge in [0.15, 0.2) is 0 Å². The van der Waals surface area contributed by atoms with E-state index >= 15 is 0 Å². The minimum Gasteiger partial charge on any atom is -0.335 e. The lowest BCUT2D eigenvalue weighted by molar-refractivity contribution is 0.0772. The lowest BCUT2D eigenvalue weighted by Crippen LogP contribution is -2.35. The van der Waals surface area contributed by atoms with Crippen molar-refractivity contribution in [2.45, 2.75) is 25.2 Å². The summed E-state index contributed by atoms with van der Waals surface area (Å²) in [5.74, 6) is -0.373. The van der Waals surface area contributed by atoms with E-state index < -0.39 is 20.5 Å². The lowest BCUT2D eigenvalue weighted by atomic mass is 9.95. The average molecular weight is 612 g/mol. The number of hydrogen-bond donors (Lipinski definition) is 1. The van der Waals surface area contributed by atoms with E-state index in [1.807, 2.05) is 37.3 Å². The summed E-state index contributed by atoms with van der Waals surface area (Å²) in [7, 11) is -2.75. The maximum Gasteiger partial charge on any atom is 0.296 e. The van der Waals surface area contributed by atoms with E-state index in [1.165, 1.54) is 16.8 Å². The Labute approximate surface area is 248 Å². The highest BCUT2D eigenvalue weighted by Gasteiger charge is 2.28. The molecule has 1 amide bonds. The predicted octanol–water partition coefficient (Wildman–Crippen LogP) is 5.83. The highest BCUT2D eigenvalue weighted by atomic mass is 35.5. The number of benzene rings is 3. The first-order chi connectivity index (χ1) is 19.5. The molecule has 1 aliphatic heterocycles. The molecule has 1 aromatic heterocycles. The number of sulfonamides is 1. The molecule has 0 aliphatic carbocycles. The van der Waals surface area contributed by atoms with Crippen LogP contribution in [-0.2, 0) is 17.1 Å². The minimum absolute atomic E-state index is 0.0824. The van der Waals surface area contributed by atoms with Crippen molar-refractivity contribution in [1.29, 1.82) is 0 Å². The van der Waals surface area contributed by atoms with Gasteiger partial charge in [0.25, 0.3) is 21.5 Å². The molecule has 2 heterocycles. The predicted molar refractivity (Wildman–Crippen MR) is 163 cm³/mol. The second-order valence-electron chi connectivity index (χ2n) is 9.86. The number of para-hydroxylation sites is 1. The summed E-state index contributed by atoms with van der Waals surface area (Å²) in [4.78, 5) is 28.0. The summed E-state index contributed by atoms with van der Waals surface area (Å²) < 4.78 is 32.4. The third-order valence-electron chi connectivity index (χ3n) is 7.31. The quantitative estimate of drug-likeness (QED) is 0.297. The molecule has 5 rings (SSSR count). The van der Waals surface area contributed by atoms with Gasteiger partial charge >= 0.3 is 0 Å². The molecule has 0 radical (unpaired) electrons. The van der Waals surface area contributed by atoms with Crippen molar-refractivity contribution in [3.05, 3.63) is 116 Å². The molecule has 3 aromatic carbocycles. The molecule has 0 unspecified atom stereocenters. The summed E-state index contributed by atoms with van der Waals surface area (Å²) in [6.45, 7) is 4.50. The van der Waals surface area contributed by atoms with Gasteiger partial charge in [0.1, 0.15) is 10.6 Å². The monoisotopic (exact) mass is 610 g/mol. The van der Waals surface area contributed by atoms with Crippen LogP contribution in [0.5, 0.6) is 0 Å². The summed E-state index contributed by atoms with van der Waals surface area (Å²) in [5.41, 5.74) is 3.83. The fourth-order valence-corrected chi connectivity index (χ4v) is 6.90. The Morgan fingerprint density at radius 3 is 2.32 bits per heavy atom. The van der Waals surface area contributed by atoms with Crippen molar-refractivity contribution in [1.82, 2.24) is 14.3 Å². The number of nitrogens with one attached hydrogen (secondary N) is 1. The Balaban J connectivity index is 1.45. The molecule has 0 fully saturated rings. The van der Waals surface area contributed by atoms with E-state index in [2.05, 4.69) is 10.8 Å². The highest BCUT2D eigenvalue weighted by Crippen LogP contribution is 2.33. The third-order valence-corrected chi connectivity index (χ3v) is 9.60. The topological polar surface area (TPSA) is 93.4 Å². The van der Waals surface area contributed by atoms with Gasteiger partial charge < -0.3 is 4.90 Å². The van der Waals surface area contributed by atoms with Gasteiger partial charge in [-0.3, -0.25) is 19.0 Å². The maximum atomic E-state index is 13.6. The van der Waals surface area contributed by atoms with Crippen LogP contribution in [-0.4, -0.2) is 41.7 Å². The molecular weight excluding hydrogens is 583 g/mol. The summed E-state index contributed by atoms with van der Waals surface area (Å²) in [5, 5.41) is -0.328. The van der Waals surface area contributed by atoms with Gasteiger partial charge in [-0.25, -0.2) is 13.1 Å². The summed E-state index contributed by atoms with van der Waals surface area (Å²) in [6, 6.07) is 19.5. The van der Waals surface area contributed by atoms with Crippen molar-refractivity contribution in [2.75, 3.05) is 17.8 Å². The third kappa shape index (κ3) is 5.45. The second kappa shape index (κ2) is 11.2. The largest absolute Gasteiger partial charge is 0.335 e. The van der Waals surface area contributed by atoms with Crippen LogP contribution < -0.4 is 10.3 Å². The van der Waals surface area contributed by atoms with Crippen LogP contribution in [0.25, 0.3) is 11.3 Å². The zero-order chi connectivity index (χ0) is 29.5. The van der Waals surface area contributed by atoms with Crippen molar-refractivity contribution in [3.8, 4) is 5.69 Å². The standard InChI is InChI=1S/C30H28Cl2N4O4S/c1-19-9-7-8-12-24(19)21-13-15-35(16-14-21)29(37)22-17-25(31)27(32)26(18-22)41(39,40)33-28-20(2)34(3)36(30(28)38)23-10-5-4-6-11-23/h4-13,17-18,33H,14-16H2,1-3H3. The number of carbonyl (C=O) groups excluding carboxylic acids is 1. The maximum absolute atomic E-state index is 13.6. The molecule has 8 nitrogen and oxygen atoms in total. The first-order valence-electron chi connectivity index (χ1n) is 12.9. The number of aryl methyl sites for hydroxylation is 1. The molecule has 1 N–H and O–H groups in total. The van der Waals surface area contributed by atoms with Crippen molar-refractivity contribution >= 4 is 50.4 Å². The van der Waals surface area contributed by atoms with Crippen LogP contribution in [0.1, 0.15) is 33.6 Å². The van der Waals surface area contributed by atoms with Crippen LogP contribution in [0.2, 0.25) is 10.0 Å². The molecule has 0 spiro atoms. The van der Waals surface area contributed by atoms with E-state index in [4.69, 9.17) is 23.2 Å². The minimum atomic E-state index is -4.41. The van der Waals surface area contributed by atoms with Crippen molar-refractivity contribution in [2.24, 2.45) is 7.05 Å². The summed E-state index contributed by atoms with van der Waals surface area (Å²) >= 11 is 12.7. The van der Waals surface area contributed by atoms with Gasteiger partial charge in [0, 0.05) is 25.7 Å². The van der Waals surface area contributed by atoms with Crippen LogP contribution in [0.15, 0.2) is 82.5 Å². The normalized spacial score (nSPS) is 13.7. The number of hydrogen-bond acceptors (Lipinski definition) is 4. The Kier molecular flexibility index (Phi) is 7.87. The van der Waals surface area contributed by atoms with Crippen LogP contribution in [0, 0.1) is 13.8 Å². The Morgan fingerprint density at radius 1 is 0.976 bits per heavy atom. The molecule has 0 saturated heterocycles. The molecule has 0 saturated carbocycles. The number of rotatable bonds is 6. The van der Waals surface area contributed by atoms with Gasteiger partial charge in [0.05, 0.1) is 21.4 Å². The molecule has 0 atom stereocenters. The molecular formula is C30H28Cl2N4O4S. The number of aromatic nitrogens is 2. The van der Waals surface area contributed by atoms with Gasteiger partial charge in [-0.1, -0.05) is 71.7 Å². The number of anilines is 1. The molecule has 212 valence electrons. The van der Waals surface area contributed by atoms with E-state index in [-0.39, 0.29) is 27.2 Å². The van der Waals surface area contributed by atoms with Gasteiger partial charge in [0.2, 0.25) is 0 Å². The smallest absolute Gasteiger partial charge is 0.296 e. The number of nitrogens with zero attached hydrogens (tertiary/aromatic N) is 3. The fourth-order valence-electron chi connectivity index (χ4n) is 4.97. The molecule has 11 heteroatoms. The second-order valence-corrected chi connectivity index (χ2v) is 12.3. The Hall–Kier alpha value is -3.79. The lowest BCUT2D eigenvalue weighted by Gasteiger charge is -2.27. The first kappa shape index (κ1) is 28.7. The average Bonchev–Trinajstić information content (AvgIpc) is 3.17. The highest BCUT2D eigenvalue weighted by molar-refractivity contribution is 7.92. The van der Waals surface area contributed by atoms with Gasteiger partial charge in [-0.05, 0) is 61.2 Å². The SMILES string of the molecule is Cc1ccccc1C1=CCN(C(=O)c2cc(Cl)c(Cl)c(S(=O)(=O)Nc3c(C)n(C)n(-c4ccccc4)c3=O)c2)CC1. The Bertz CT molecular complexity index is 1860. The van der Waals surface area contributed by atoms with Crippen molar-refractivity contribution < 1.29 is 13.2 Å². The number of halogens is 2. The first-order valence-corrected chi connectivity index (χ1v) is 15.1. The van der Waals surface area contributed by atoms with Gasteiger partial charge in [-0.15, -0.1) is 0 Å². The van der Waals surface area contributed by atoms with Crippen molar-refractivity contribution in [3.63, 3.8) is 0 Å². The van der Waals surface area contributed by atoms with Crippen LogP contribution in [0.3, 0.4) is 0 Å².